The van der Waals surface area contributed by atoms with Gasteiger partial charge in [0.2, 0.25) is 0 Å². The van der Waals surface area contributed by atoms with Crippen molar-refractivity contribution >= 4 is 50.9 Å². The molecular weight excluding hydrogens is 520 g/mol. The Morgan fingerprint density at radius 1 is 1.10 bits per heavy atom. The lowest BCUT2D eigenvalue weighted by atomic mass is 9.98. The van der Waals surface area contributed by atoms with Crippen molar-refractivity contribution in [2.75, 3.05) is 50.2 Å². The van der Waals surface area contributed by atoms with Crippen molar-refractivity contribution in [3.8, 4) is 11.5 Å². The predicted octanol–water partition coefficient (Wildman–Crippen LogP) is 4.84. The van der Waals surface area contributed by atoms with Crippen LogP contribution in [0.25, 0.3) is 21.8 Å². The third-order valence-corrected chi connectivity index (χ3v) is 7.75. The van der Waals surface area contributed by atoms with Gasteiger partial charge < -0.3 is 34.3 Å². The fourth-order valence-electron chi connectivity index (χ4n) is 5.44. The van der Waals surface area contributed by atoms with E-state index in [2.05, 4.69) is 23.8 Å². The summed E-state index contributed by atoms with van der Waals surface area (Å²) in [5.74, 6) is 0.903. The lowest BCUT2D eigenvalue weighted by Gasteiger charge is -2.26. The van der Waals surface area contributed by atoms with Gasteiger partial charge >= 0.3 is 0 Å². The highest BCUT2D eigenvalue weighted by Gasteiger charge is 2.36. The number of phenols is 1. The van der Waals surface area contributed by atoms with Crippen LogP contribution in [0.15, 0.2) is 36.4 Å². The number of alkyl halides is 1. The monoisotopic (exact) mass is 550 g/mol. The number of aromatic amines is 2. The van der Waals surface area contributed by atoms with Gasteiger partial charge in [0.15, 0.2) is 0 Å². The van der Waals surface area contributed by atoms with Gasteiger partial charge in [-0.2, -0.15) is 0 Å². The van der Waals surface area contributed by atoms with E-state index in [9.17, 15) is 14.7 Å². The molecule has 1 saturated heterocycles. The van der Waals surface area contributed by atoms with E-state index in [-0.39, 0.29) is 29.4 Å². The average Bonchev–Trinajstić information content (AvgIpc) is 3.66. The van der Waals surface area contributed by atoms with Gasteiger partial charge in [0.05, 0.1) is 31.0 Å². The van der Waals surface area contributed by atoms with Crippen LogP contribution in [0.3, 0.4) is 0 Å². The molecule has 2 aromatic heterocycles. The molecule has 39 heavy (non-hydrogen) atoms. The maximum Gasteiger partial charge on any atom is 0.274 e. The van der Waals surface area contributed by atoms with Crippen LogP contribution in [-0.2, 0) is 4.74 Å². The summed E-state index contributed by atoms with van der Waals surface area (Å²) < 4.78 is 11.2. The van der Waals surface area contributed by atoms with Crippen molar-refractivity contribution in [1.82, 2.24) is 14.9 Å². The normalized spacial score (nSPS) is 17.4. The van der Waals surface area contributed by atoms with Crippen LogP contribution < -0.4 is 9.64 Å². The summed E-state index contributed by atoms with van der Waals surface area (Å²) in [6.07, 6.45) is 0. The second-order valence-electron chi connectivity index (χ2n) is 10.6. The fourth-order valence-corrected chi connectivity index (χ4v) is 5.69. The maximum absolute atomic E-state index is 13.8. The molecule has 204 valence electrons. The Bertz CT molecular complexity index is 1570. The number of hydrogen-bond acceptors (Lipinski definition) is 5. The summed E-state index contributed by atoms with van der Waals surface area (Å²) in [7, 11) is 0. The minimum absolute atomic E-state index is 0.0265. The number of nitrogens with zero attached hydrogens (tertiary/aromatic N) is 2. The van der Waals surface area contributed by atoms with Gasteiger partial charge in [-0.1, -0.05) is 13.8 Å². The second kappa shape index (κ2) is 10.1. The number of aromatic hydroxyl groups is 1. The number of rotatable bonds is 6. The Balaban J connectivity index is 1.34. The molecule has 0 unspecified atom stereocenters. The van der Waals surface area contributed by atoms with E-state index in [1.807, 2.05) is 24.3 Å². The largest absolute Gasteiger partial charge is 0.506 e. The molecule has 0 bridgehead atoms. The number of fused-ring (bicyclic) bond motifs is 4. The van der Waals surface area contributed by atoms with Crippen molar-refractivity contribution in [3.63, 3.8) is 0 Å². The van der Waals surface area contributed by atoms with Crippen LogP contribution in [0.4, 0.5) is 5.69 Å². The summed E-state index contributed by atoms with van der Waals surface area (Å²) >= 11 is 6.39. The highest BCUT2D eigenvalue weighted by molar-refractivity contribution is 6.19. The van der Waals surface area contributed by atoms with E-state index in [4.69, 9.17) is 21.1 Å². The van der Waals surface area contributed by atoms with Crippen molar-refractivity contribution in [1.29, 1.82) is 0 Å². The number of phenolic OH excluding ortho intramolecular Hbond substituents is 1. The summed E-state index contributed by atoms with van der Waals surface area (Å²) in [5, 5.41) is 12.5. The van der Waals surface area contributed by atoms with E-state index in [1.165, 1.54) is 0 Å². The van der Waals surface area contributed by atoms with Crippen LogP contribution in [0.2, 0.25) is 0 Å². The van der Waals surface area contributed by atoms with Crippen LogP contribution >= 0.6 is 11.6 Å². The Hall–Kier alpha value is -3.69. The molecule has 2 aromatic carbocycles. The van der Waals surface area contributed by atoms with E-state index in [0.717, 1.165) is 22.2 Å². The first-order chi connectivity index (χ1) is 18.8. The molecule has 3 N–H and O–H groups in total. The number of ether oxygens (including phenoxy) is 2. The molecule has 6 rings (SSSR count). The summed E-state index contributed by atoms with van der Waals surface area (Å²) in [5.41, 5.74) is 3.57. The third kappa shape index (κ3) is 4.59. The number of carbonyl (C=O) groups excluding carboxylic acids is 2. The standard InChI is InChI=1S/C29H31ClN4O5/c1-16(2)15-39-19-3-4-21-17(9-19)10-22(31-21)29(37)34-14-18(13-30)26-20-11-23(28(36)33-5-7-38-8-6-33)32-27(20)25(35)12-24(26)34/h3-4,9-12,16,18,31-32,35H,5-8,13-15H2,1-2H3/t18-/m1/s1. The lowest BCUT2D eigenvalue weighted by molar-refractivity contribution is 0.0299. The second-order valence-corrected chi connectivity index (χ2v) is 10.9. The van der Waals surface area contributed by atoms with E-state index in [0.29, 0.717) is 73.4 Å². The summed E-state index contributed by atoms with van der Waals surface area (Å²) in [6.45, 7) is 7.19. The van der Waals surface area contributed by atoms with Gasteiger partial charge in [0.25, 0.3) is 11.8 Å². The van der Waals surface area contributed by atoms with Gasteiger partial charge in [-0.05, 0) is 41.8 Å². The van der Waals surface area contributed by atoms with Crippen LogP contribution in [0, 0.1) is 5.92 Å². The highest BCUT2D eigenvalue weighted by Crippen LogP contribution is 2.46. The SMILES string of the molecule is CC(C)COc1ccc2[nH]c(C(=O)N3C[C@@H](CCl)c4c3cc(O)c3[nH]c(C(=O)N5CCOCC5)cc43)cc2c1. The van der Waals surface area contributed by atoms with Crippen molar-refractivity contribution in [2.45, 2.75) is 19.8 Å². The molecule has 1 atom stereocenters. The first-order valence-corrected chi connectivity index (χ1v) is 13.8. The number of nitrogens with one attached hydrogen (secondary N) is 2. The molecule has 2 amide bonds. The highest BCUT2D eigenvalue weighted by atomic mass is 35.5. The molecule has 10 heteroatoms. The minimum atomic E-state index is -0.219. The van der Waals surface area contributed by atoms with Crippen LogP contribution in [0.5, 0.6) is 11.5 Å². The van der Waals surface area contributed by atoms with Crippen LogP contribution in [-0.4, -0.2) is 77.1 Å². The number of anilines is 1. The molecule has 1 fully saturated rings. The number of hydrogen-bond donors (Lipinski definition) is 3. The molecule has 0 saturated carbocycles. The smallest absolute Gasteiger partial charge is 0.274 e. The summed E-state index contributed by atoms with van der Waals surface area (Å²) in [6, 6.07) is 10.9. The minimum Gasteiger partial charge on any atom is -0.506 e. The van der Waals surface area contributed by atoms with Crippen molar-refractivity contribution in [2.24, 2.45) is 5.92 Å². The van der Waals surface area contributed by atoms with Gasteiger partial charge in [-0.25, -0.2) is 0 Å². The van der Waals surface area contributed by atoms with E-state index < -0.39 is 0 Å². The molecule has 0 aliphatic carbocycles. The van der Waals surface area contributed by atoms with E-state index in [1.54, 1.807) is 21.9 Å². The molecule has 4 aromatic rings. The molecule has 2 aliphatic heterocycles. The van der Waals surface area contributed by atoms with Crippen molar-refractivity contribution in [3.05, 3.63) is 53.3 Å². The third-order valence-electron chi connectivity index (χ3n) is 7.38. The van der Waals surface area contributed by atoms with Gasteiger partial charge in [-0.3, -0.25) is 9.59 Å². The molecule has 0 spiro atoms. The topological polar surface area (TPSA) is 111 Å². The first-order valence-electron chi connectivity index (χ1n) is 13.2. The zero-order valence-corrected chi connectivity index (χ0v) is 22.7. The van der Waals surface area contributed by atoms with Crippen LogP contribution in [0.1, 0.15) is 46.3 Å². The maximum atomic E-state index is 13.8. The predicted molar refractivity (Wildman–Crippen MR) is 150 cm³/mol. The van der Waals surface area contributed by atoms with E-state index >= 15 is 0 Å². The molecule has 9 nitrogen and oxygen atoms in total. The Labute approximate surface area is 230 Å². The zero-order chi connectivity index (χ0) is 27.3. The number of aromatic nitrogens is 2. The molecule has 4 heterocycles. The van der Waals surface area contributed by atoms with Gasteiger partial charge in [0.1, 0.15) is 22.9 Å². The number of H-pyrrole nitrogens is 2. The Morgan fingerprint density at radius 2 is 1.87 bits per heavy atom. The Kier molecular flexibility index (Phi) is 6.64. The Morgan fingerprint density at radius 3 is 2.62 bits per heavy atom. The summed E-state index contributed by atoms with van der Waals surface area (Å²) in [4.78, 5) is 36.6. The number of carbonyl (C=O) groups is 2. The van der Waals surface area contributed by atoms with Gasteiger partial charge in [0, 0.05) is 53.8 Å². The zero-order valence-electron chi connectivity index (χ0n) is 21.9. The average molecular weight is 551 g/mol. The number of halogens is 1. The molecule has 0 radical (unpaired) electrons. The van der Waals surface area contributed by atoms with Gasteiger partial charge in [-0.15, -0.1) is 11.6 Å². The first kappa shape index (κ1) is 25.6. The number of amides is 2. The number of benzene rings is 2. The molecular formula is C29H31ClN4O5. The van der Waals surface area contributed by atoms with Crippen molar-refractivity contribution < 1.29 is 24.2 Å². The molecule has 2 aliphatic rings. The number of morpholine rings is 1. The quantitative estimate of drug-likeness (QED) is 0.297. The lowest BCUT2D eigenvalue weighted by Crippen LogP contribution is -2.40. The fraction of sp³-hybridized carbons (Fsp3) is 0.379.